The number of rotatable bonds is 5. The third-order valence-electron chi connectivity index (χ3n) is 5.58. The molecule has 0 bridgehead atoms. The second-order valence-corrected chi connectivity index (χ2v) is 9.57. The molecule has 0 aromatic heterocycles. The number of sulfonamides is 1. The Hall–Kier alpha value is -2.32. The van der Waals surface area contributed by atoms with E-state index in [-0.39, 0.29) is 29.3 Å². The first-order chi connectivity index (χ1) is 13.7. The Labute approximate surface area is 168 Å². The molecule has 5 nitrogen and oxygen atoms in total. The molecule has 3 atom stereocenters. The zero-order chi connectivity index (χ0) is 20.8. The zero-order valence-electron chi connectivity index (χ0n) is 15.9. The average molecular weight is 420 g/mol. The number of carbonyl (C=O) groups excluding carboxylic acids is 1. The smallest absolute Gasteiger partial charge is 0.226 e. The van der Waals surface area contributed by atoms with Gasteiger partial charge in [0.05, 0.1) is 11.8 Å². The number of nitrogens with one attached hydrogen (secondary N) is 1. The van der Waals surface area contributed by atoms with Crippen LogP contribution in [0.3, 0.4) is 0 Å². The van der Waals surface area contributed by atoms with Crippen LogP contribution in [0.15, 0.2) is 42.5 Å². The predicted molar refractivity (Wildman–Crippen MR) is 106 cm³/mol. The number of hydrogen-bond acceptors (Lipinski definition) is 3. The van der Waals surface area contributed by atoms with Gasteiger partial charge >= 0.3 is 0 Å². The molecule has 154 valence electrons. The van der Waals surface area contributed by atoms with Gasteiger partial charge in [-0.05, 0) is 42.0 Å². The van der Waals surface area contributed by atoms with Crippen LogP contribution >= 0.6 is 0 Å². The Bertz CT molecular complexity index is 1040. The van der Waals surface area contributed by atoms with Crippen molar-refractivity contribution in [1.29, 1.82) is 0 Å². The van der Waals surface area contributed by atoms with Crippen molar-refractivity contribution in [3.63, 3.8) is 0 Å². The molecular weight excluding hydrogens is 398 g/mol. The molecular formula is C21H22F2N2O3S. The zero-order valence-corrected chi connectivity index (χ0v) is 16.8. The minimum Gasteiger partial charge on any atom is -0.341 e. The number of benzene rings is 2. The summed E-state index contributed by atoms with van der Waals surface area (Å²) in [7, 11) is -3.32. The van der Waals surface area contributed by atoms with Gasteiger partial charge in [-0.25, -0.2) is 21.9 Å². The Morgan fingerprint density at radius 2 is 1.79 bits per heavy atom. The molecule has 4 rings (SSSR count). The van der Waals surface area contributed by atoms with Crippen LogP contribution in [0.4, 0.5) is 8.78 Å². The Morgan fingerprint density at radius 1 is 1.10 bits per heavy atom. The maximum atomic E-state index is 14.3. The number of nitrogens with zero attached hydrogens (tertiary/aromatic N) is 1. The summed E-state index contributed by atoms with van der Waals surface area (Å²) < 4.78 is 54.0. The maximum absolute atomic E-state index is 14.3. The van der Waals surface area contributed by atoms with E-state index in [9.17, 15) is 22.0 Å². The lowest BCUT2D eigenvalue weighted by Gasteiger charge is -2.17. The van der Waals surface area contributed by atoms with Crippen LogP contribution in [0.5, 0.6) is 0 Å². The van der Waals surface area contributed by atoms with Gasteiger partial charge in [0.15, 0.2) is 0 Å². The van der Waals surface area contributed by atoms with Crippen molar-refractivity contribution < 1.29 is 22.0 Å². The van der Waals surface area contributed by atoms with E-state index in [1.165, 1.54) is 18.2 Å². The van der Waals surface area contributed by atoms with Gasteiger partial charge < -0.3 is 4.90 Å². The van der Waals surface area contributed by atoms with Gasteiger partial charge in [-0.15, -0.1) is 0 Å². The highest BCUT2D eigenvalue weighted by Gasteiger charge is 2.47. The van der Waals surface area contributed by atoms with E-state index < -0.39 is 21.7 Å². The lowest BCUT2D eigenvalue weighted by Crippen LogP contribution is -2.38. The number of amides is 1. The second kappa shape index (κ2) is 7.50. The maximum Gasteiger partial charge on any atom is 0.226 e. The summed E-state index contributed by atoms with van der Waals surface area (Å²) in [5, 5.41) is 0. The molecule has 2 aliphatic rings. The third kappa shape index (κ3) is 4.18. The topological polar surface area (TPSA) is 66.5 Å². The molecule has 1 amide bonds. The van der Waals surface area contributed by atoms with Gasteiger partial charge in [0.25, 0.3) is 0 Å². The molecule has 8 heteroatoms. The van der Waals surface area contributed by atoms with Crippen LogP contribution in [-0.2, 0) is 14.8 Å². The largest absolute Gasteiger partial charge is 0.341 e. The van der Waals surface area contributed by atoms with Crippen molar-refractivity contribution in [1.82, 2.24) is 9.62 Å². The fourth-order valence-electron chi connectivity index (χ4n) is 4.21. The minimum atomic E-state index is -3.32. The number of halogens is 2. The van der Waals surface area contributed by atoms with Gasteiger partial charge in [0, 0.05) is 25.0 Å². The molecule has 1 aliphatic heterocycles. The Morgan fingerprint density at radius 3 is 2.48 bits per heavy atom. The number of hydrogen-bond donors (Lipinski definition) is 1. The molecule has 1 saturated carbocycles. The average Bonchev–Trinajstić information content (AvgIpc) is 3.32. The lowest BCUT2D eigenvalue weighted by atomic mass is 9.95. The van der Waals surface area contributed by atoms with Crippen molar-refractivity contribution in [2.24, 2.45) is 5.92 Å². The monoisotopic (exact) mass is 420 g/mol. The normalized spacial score (nSPS) is 24.0. The van der Waals surface area contributed by atoms with Gasteiger partial charge in [0.1, 0.15) is 11.6 Å². The quantitative estimate of drug-likeness (QED) is 0.809. The fourth-order valence-corrected chi connectivity index (χ4v) is 5.01. The summed E-state index contributed by atoms with van der Waals surface area (Å²) >= 11 is 0. The van der Waals surface area contributed by atoms with Crippen molar-refractivity contribution >= 4 is 15.9 Å². The molecule has 29 heavy (non-hydrogen) atoms. The highest BCUT2D eigenvalue weighted by atomic mass is 32.2. The molecule has 1 N–H and O–H groups in total. The molecule has 2 fully saturated rings. The van der Waals surface area contributed by atoms with Crippen LogP contribution in [0, 0.1) is 17.6 Å². The minimum absolute atomic E-state index is 0.0309. The van der Waals surface area contributed by atoms with Crippen molar-refractivity contribution in [2.45, 2.75) is 24.8 Å². The first kappa shape index (κ1) is 20.0. The summed E-state index contributed by atoms with van der Waals surface area (Å²) in [5.74, 6) is -1.63. The molecule has 0 radical (unpaired) electrons. The Kier molecular flexibility index (Phi) is 5.16. The third-order valence-corrected chi connectivity index (χ3v) is 6.34. The van der Waals surface area contributed by atoms with Gasteiger partial charge in [0.2, 0.25) is 15.9 Å². The van der Waals surface area contributed by atoms with Crippen molar-refractivity contribution in [3.8, 4) is 11.1 Å². The van der Waals surface area contributed by atoms with E-state index in [1.54, 1.807) is 23.1 Å². The van der Waals surface area contributed by atoms with E-state index in [2.05, 4.69) is 4.72 Å². The summed E-state index contributed by atoms with van der Waals surface area (Å²) in [5.41, 5.74) is 1.17. The number of likely N-dealkylation sites (tertiary alicyclic amines) is 1. The van der Waals surface area contributed by atoms with Gasteiger partial charge in [-0.1, -0.05) is 30.3 Å². The standard InChI is InChI=1S/C21H22F2N2O3S/c1-29(27,28)24-13-9-10-25(12-13)21(26)17-11-16(17)14-5-2-3-6-15(14)20-18(22)7-4-8-19(20)23/h2-8,13,16-17,24H,9-12H2,1H3. The first-order valence-electron chi connectivity index (χ1n) is 9.54. The summed E-state index contributed by atoms with van der Waals surface area (Å²) in [6, 6.07) is 10.5. The van der Waals surface area contributed by atoms with Crippen LogP contribution in [0.2, 0.25) is 0 Å². The molecule has 3 unspecified atom stereocenters. The van der Waals surface area contributed by atoms with Crippen molar-refractivity contribution in [3.05, 3.63) is 59.7 Å². The molecule has 2 aromatic rings. The molecule has 1 aliphatic carbocycles. The van der Waals surface area contributed by atoms with E-state index in [0.29, 0.717) is 31.5 Å². The fraction of sp³-hybridized carbons (Fsp3) is 0.381. The summed E-state index contributed by atoms with van der Waals surface area (Å²) in [6.07, 6.45) is 2.30. The van der Waals surface area contributed by atoms with Crippen LogP contribution in [0.25, 0.3) is 11.1 Å². The van der Waals surface area contributed by atoms with E-state index in [1.807, 2.05) is 6.07 Å². The molecule has 0 spiro atoms. The highest BCUT2D eigenvalue weighted by molar-refractivity contribution is 7.88. The van der Waals surface area contributed by atoms with E-state index in [4.69, 9.17) is 0 Å². The summed E-state index contributed by atoms with van der Waals surface area (Å²) in [4.78, 5) is 14.6. The molecule has 1 saturated heterocycles. The van der Waals surface area contributed by atoms with Crippen LogP contribution in [0.1, 0.15) is 24.3 Å². The lowest BCUT2D eigenvalue weighted by molar-refractivity contribution is -0.131. The molecule has 1 heterocycles. The Balaban J connectivity index is 1.51. The van der Waals surface area contributed by atoms with Crippen LogP contribution < -0.4 is 4.72 Å². The van der Waals surface area contributed by atoms with E-state index >= 15 is 0 Å². The summed E-state index contributed by atoms with van der Waals surface area (Å²) in [6.45, 7) is 0.845. The second-order valence-electron chi connectivity index (χ2n) is 7.79. The van der Waals surface area contributed by atoms with Crippen molar-refractivity contribution in [2.75, 3.05) is 19.3 Å². The van der Waals surface area contributed by atoms with Gasteiger partial charge in [-0.2, -0.15) is 0 Å². The molecule has 2 aromatic carbocycles. The number of carbonyl (C=O) groups is 1. The highest BCUT2D eigenvalue weighted by Crippen LogP contribution is 2.51. The van der Waals surface area contributed by atoms with Crippen LogP contribution in [-0.4, -0.2) is 44.6 Å². The predicted octanol–water partition coefficient (Wildman–Crippen LogP) is 2.89. The SMILES string of the molecule is CS(=O)(=O)NC1CCN(C(=O)C2CC2c2ccccc2-c2c(F)cccc2F)C1. The van der Waals surface area contributed by atoms with E-state index in [0.717, 1.165) is 11.8 Å². The first-order valence-corrected chi connectivity index (χ1v) is 11.4. The van der Waals surface area contributed by atoms with Gasteiger partial charge in [-0.3, -0.25) is 4.79 Å².